The summed E-state index contributed by atoms with van der Waals surface area (Å²) in [6.07, 6.45) is 39.4. The van der Waals surface area contributed by atoms with E-state index in [1.807, 2.05) is 36.5 Å². The first-order chi connectivity index (χ1) is 22.3. The maximum absolute atomic E-state index is 12.3. The Morgan fingerprint density at radius 2 is 1.07 bits per heavy atom. The highest BCUT2D eigenvalue weighted by Crippen LogP contribution is 2.35. The van der Waals surface area contributed by atoms with Crippen molar-refractivity contribution in [3.63, 3.8) is 0 Å². The van der Waals surface area contributed by atoms with E-state index in [9.17, 15) is 14.2 Å². The molecule has 0 saturated carbocycles. The second-order valence-corrected chi connectivity index (χ2v) is 12.8. The summed E-state index contributed by atoms with van der Waals surface area (Å²) in [5.41, 5.74) is 0. The van der Waals surface area contributed by atoms with Gasteiger partial charge in [-0.1, -0.05) is 132 Å². The molecular weight excluding hydrogens is 603 g/mol. The monoisotopic (exact) mass is 666 g/mol. The van der Waals surface area contributed by atoms with E-state index in [0.29, 0.717) is 12.8 Å². The Morgan fingerprint density at radius 3 is 1.65 bits per heavy atom. The zero-order chi connectivity index (χ0) is 34.0. The lowest BCUT2D eigenvalue weighted by Crippen LogP contribution is -2.29. The van der Waals surface area contributed by atoms with E-state index in [1.54, 1.807) is 0 Å². The molecule has 264 valence electrons. The van der Waals surface area contributed by atoms with Gasteiger partial charge in [0.2, 0.25) is 0 Å². The fourth-order valence-electron chi connectivity index (χ4n) is 4.49. The van der Waals surface area contributed by atoms with Gasteiger partial charge in [-0.25, -0.2) is 4.57 Å². The van der Waals surface area contributed by atoms with Crippen molar-refractivity contribution in [2.45, 2.75) is 148 Å². The van der Waals surface area contributed by atoms with Crippen molar-refractivity contribution in [3.05, 3.63) is 60.8 Å². The molecule has 0 aromatic rings. The van der Waals surface area contributed by atoms with Crippen LogP contribution < -0.4 is 0 Å². The van der Waals surface area contributed by atoms with E-state index in [1.165, 1.54) is 51.4 Å². The Labute approximate surface area is 279 Å². The highest BCUT2D eigenvalue weighted by molar-refractivity contribution is 7.46. The first-order valence-electron chi connectivity index (χ1n) is 17.6. The quantitative estimate of drug-likeness (QED) is 0.0247. The molecule has 0 rings (SSSR count). The van der Waals surface area contributed by atoms with Crippen LogP contribution in [0.3, 0.4) is 0 Å². The highest BCUT2D eigenvalue weighted by Gasteiger charge is 2.22. The van der Waals surface area contributed by atoms with Gasteiger partial charge in [0.05, 0.1) is 6.61 Å². The normalized spacial score (nSPS) is 13.2. The minimum Gasteiger partial charge on any atom is -0.462 e. The molecule has 0 aliphatic heterocycles. The molecule has 0 aromatic carbocycles. The Bertz CT molecular complexity index is 932. The summed E-state index contributed by atoms with van der Waals surface area (Å²) in [6.45, 7) is 3.47. The van der Waals surface area contributed by atoms with E-state index in [2.05, 4.69) is 42.7 Å². The number of hydrogen-bond donors (Lipinski definition) is 2. The first-order valence-corrected chi connectivity index (χ1v) is 19.2. The fraction of sp³-hybridized carbons (Fsp3) is 0.676. The summed E-state index contributed by atoms with van der Waals surface area (Å²) < 4.78 is 26.2. The van der Waals surface area contributed by atoms with Crippen LogP contribution >= 0.6 is 7.82 Å². The number of carbonyl (C=O) groups excluding carboxylic acids is 2. The lowest BCUT2D eigenvalue weighted by atomic mass is 10.1. The van der Waals surface area contributed by atoms with Gasteiger partial charge in [0.25, 0.3) is 0 Å². The molecule has 9 heteroatoms. The van der Waals surface area contributed by atoms with Crippen LogP contribution in [0.25, 0.3) is 0 Å². The number of allylic oxidation sites excluding steroid dienone is 10. The average molecular weight is 667 g/mol. The molecule has 0 aliphatic carbocycles. The van der Waals surface area contributed by atoms with Gasteiger partial charge in [-0.3, -0.25) is 14.1 Å². The maximum atomic E-state index is 12.3. The van der Waals surface area contributed by atoms with E-state index >= 15 is 0 Å². The Kier molecular flexibility index (Phi) is 31.1. The molecule has 0 amide bonds. The standard InChI is InChI=1S/C37H63O8P/c1-3-5-7-9-11-13-15-17-18-20-21-23-25-27-29-31-36(38)43-33-35(34-44-46(40,41)42)45-37(39)32-30-28-26-24-22-19-16-14-12-10-8-6-4-2/h6,8,10,12-16,19,22,35H,3-5,7,9,11,17-18,20-21,23-34H2,1-2H3,(H2,40,41,42)/b8-6+,12-10+,15-13+,16-14+,22-19+. The smallest absolute Gasteiger partial charge is 0.462 e. The van der Waals surface area contributed by atoms with Gasteiger partial charge in [0.1, 0.15) is 6.61 Å². The van der Waals surface area contributed by atoms with Crippen LogP contribution in [0.2, 0.25) is 0 Å². The molecule has 0 radical (unpaired) electrons. The first kappa shape index (κ1) is 43.8. The van der Waals surface area contributed by atoms with Gasteiger partial charge < -0.3 is 19.3 Å². The Balaban J connectivity index is 4.07. The zero-order valence-electron chi connectivity index (χ0n) is 28.7. The molecular formula is C37H63O8P. The minimum atomic E-state index is -4.76. The van der Waals surface area contributed by atoms with Crippen molar-refractivity contribution in [1.82, 2.24) is 0 Å². The highest BCUT2D eigenvalue weighted by atomic mass is 31.2. The van der Waals surface area contributed by atoms with Gasteiger partial charge in [-0.05, 0) is 57.8 Å². The van der Waals surface area contributed by atoms with Gasteiger partial charge in [0.15, 0.2) is 6.10 Å². The number of hydrogen-bond acceptors (Lipinski definition) is 6. The molecule has 0 spiro atoms. The average Bonchev–Trinajstić information content (AvgIpc) is 3.02. The topological polar surface area (TPSA) is 119 Å². The van der Waals surface area contributed by atoms with Crippen molar-refractivity contribution in [2.75, 3.05) is 13.2 Å². The van der Waals surface area contributed by atoms with Crippen molar-refractivity contribution >= 4 is 19.8 Å². The summed E-state index contributed by atoms with van der Waals surface area (Å²) in [4.78, 5) is 42.6. The van der Waals surface area contributed by atoms with Crippen molar-refractivity contribution in [2.24, 2.45) is 0 Å². The predicted molar refractivity (Wildman–Crippen MR) is 188 cm³/mol. The summed E-state index contributed by atoms with van der Waals surface area (Å²) in [7, 11) is -4.76. The second-order valence-electron chi connectivity index (χ2n) is 11.5. The van der Waals surface area contributed by atoms with Crippen LogP contribution in [-0.2, 0) is 28.2 Å². The summed E-state index contributed by atoms with van der Waals surface area (Å²) in [5.74, 6) is -0.942. The molecule has 1 atom stereocenters. The van der Waals surface area contributed by atoms with E-state index in [-0.39, 0.29) is 19.4 Å². The minimum absolute atomic E-state index is 0.163. The van der Waals surface area contributed by atoms with Gasteiger partial charge in [-0.2, -0.15) is 0 Å². The summed E-state index contributed by atoms with van der Waals surface area (Å²) >= 11 is 0. The van der Waals surface area contributed by atoms with Crippen LogP contribution in [0.5, 0.6) is 0 Å². The molecule has 0 aromatic heterocycles. The SMILES string of the molecule is CC/C=C/C=C/C=C/C=C/CCCCCC(=O)OC(COC(=O)CCCCCCCCC/C=C/CCCCCC)COP(=O)(O)O. The van der Waals surface area contributed by atoms with E-state index in [4.69, 9.17) is 19.3 Å². The molecule has 46 heavy (non-hydrogen) atoms. The molecule has 0 bridgehead atoms. The second kappa shape index (κ2) is 32.7. The number of rotatable bonds is 31. The van der Waals surface area contributed by atoms with Gasteiger partial charge >= 0.3 is 19.8 Å². The molecule has 0 heterocycles. The number of carbonyl (C=O) groups is 2. The zero-order valence-corrected chi connectivity index (χ0v) is 29.6. The molecule has 0 fully saturated rings. The number of esters is 2. The summed E-state index contributed by atoms with van der Waals surface area (Å²) in [5, 5.41) is 0. The fourth-order valence-corrected chi connectivity index (χ4v) is 4.85. The van der Waals surface area contributed by atoms with Crippen LogP contribution in [-0.4, -0.2) is 41.0 Å². The van der Waals surface area contributed by atoms with Crippen LogP contribution in [0.4, 0.5) is 0 Å². The van der Waals surface area contributed by atoms with Crippen molar-refractivity contribution in [1.29, 1.82) is 0 Å². The third kappa shape index (κ3) is 34.6. The van der Waals surface area contributed by atoms with Crippen LogP contribution in [0, 0.1) is 0 Å². The Hall–Kier alpha value is -2.25. The molecule has 1 unspecified atom stereocenters. The number of ether oxygens (including phenoxy) is 2. The molecule has 0 aliphatic rings. The molecule has 8 nitrogen and oxygen atoms in total. The lowest BCUT2D eigenvalue weighted by molar-refractivity contribution is -0.161. The van der Waals surface area contributed by atoms with Crippen LogP contribution in [0.1, 0.15) is 142 Å². The lowest BCUT2D eigenvalue weighted by Gasteiger charge is -2.18. The number of unbranched alkanes of at least 4 members (excludes halogenated alkanes) is 14. The Morgan fingerprint density at radius 1 is 0.587 bits per heavy atom. The maximum Gasteiger partial charge on any atom is 0.469 e. The predicted octanol–water partition coefficient (Wildman–Crippen LogP) is 10.2. The number of phosphoric ester groups is 1. The van der Waals surface area contributed by atoms with Gasteiger partial charge in [0, 0.05) is 12.8 Å². The largest absolute Gasteiger partial charge is 0.469 e. The third-order valence-corrected chi connectivity index (χ3v) is 7.60. The number of phosphoric acid groups is 1. The molecule has 0 saturated heterocycles. The van der Waals surface area contributed by atoms with Crippen molar-refractivity contribution in [3.8, 4) is 0 Å². The van der Waals surface area contributed by atoms with E-state index in [0.717, 1.165) is 51.4 Å². The van der Waals surface area contributed by atoms with E-state index < -0.39 is 32.5 Å². The third-order valence-electron chi connectivity index (χ3n) is 7.11. The van der Waals surface area contributed by atoms with Crippen LogP contribution in [0.15, 0.2) is 60.8 Å². The summed E-state index contributed by atoms with van der Waals surface area (Å²) in [6, 6.07) is 0. The molecule has 2 N–H and O–H groups in total. The van der Waals surface area contributed by atoms with Gasteiger partial charge in [-0.15, -0.1) is 0 Å². The van der Waals surface area contributed by atoms with Crippen molar-refractivity contribution < 1.29 is 37.9 Å².